The number of benzene rings is 2. The second-order valence-corrected chi connectivity index (χ2v) is 10.7. The number of amides is 3. The van der Waals surface area contributed by atoms with Crippen LogP contribution in [0.4, 0.5) is 10.5 Å². The lowest BCUT2D eigenvalue weighted by molar-refractivity contribution is 0.0390. The number of rotatable bonds is 5. The highest BCUT2D eigenvalue weighted by atomic mass is 35.5. The number of piperidine rings is 1. The van der Waals surface area contributed by atoms with Gasteiger partial charge in [0.05, 0.1) is 37.4 Å². The first-order valence-electron chi connectivity index (χ1n) is 13.7. The Morgan fingerprint density at radius 1 is 1.05 bits per heavy atom. The molecular formula is C29H31ClN8O3. The molecule has 0 spiro atoms. The summed E-state index contributed by atoms with van der Waals surface area (Å²) in [6.07, 6.45) is 5.31. The van der Waals surface area contributed by atoms with Crippen molar-refractivity contribution < 1.29 is 14.3 Å². The minimum absolute atomic E-state index is 0.0162. The van der Waals surface area contributed by atoms with Crippen LogP contribution in [0.2, 0.25) is 5.02 Å². The third-order valence-electron chi connectivity index (χ3n) is 7.74. The molecule has 12 heteroatoms. The van der Waals surface area contributed by atoms with Crippen molar-refractivity contribution in [2.75, 3.05) is 50.2 Å². The maximum atomic E-state index is 13.0. The molecule has 4 heterocycles. The number of anilines is 1. The van der Waals surface area contributed by atoms with E-state index in [1.54, 1.807) is 31.6 Å². The average molecular weight is 575 g/mol. The predicted octanol–water partition coefficient (Wildman–Crippen LogP) is 3.79. The van der Waals surface area contributed by atoms with E-state index in [0.717, 1.165) is 29.4 Å². The van der Waals surface area contributed by atoms with Gasteiger partial charge in [-0.3, -0.25) is 9.80 Å². The number of nitrogens with one attached hydrogen (secondary N) is 2. The molecule has 1 atom stereocenters. The van der Waals surface area contributed by atoms with Crippen LogP contribution >= 0.6 is 11.6 Å². The first kappa shape index (κ1) is 27.0. The van der Waals surface area contributed by atoms with Crippen molar-refractivity contribution in [3.05, 3.63) is 71.5 Å². The van der Waals surface area contributed by atoms with Crippen molar-refractivity contribution in [1.82, 2.24) is 30.1 Å². The monoisotopic (exact) mass is 574 g/mol. The molecule has 3 amide bonds. The van der Waals surface area contributed by atoms with Gasteiger partial charge >= 0.3 is 6.03 Å². The average Bonchev–Trinajstić information content (AvgIpc) is 3.44. The second-order valence-electron chi connectivity index (χ2n) is 10.2. The first-order valence-corrected chi connectivity index (χ1v) is 14.1. The minimum atomic E-state index is -0.280. The Balaban J connectivity index is 1.19. The highest BCUT2D eigenvalue weighted by Crippen LogP contribution is 2.28. The van der Waals surface area contributed by atoms with E-state index in [1.165, 1.54) is 0 Å². The van der Waals surface area contributed by atoms with Crippen molar-refractivity contribution in [3.8, 4) is 11.4 Å². The van der Waals surface area contributed by atoms with Crippen molar-refractivity contribution in [2.24, 2.45) is 5.92 Å². The van der Waals surface area contributed by atoms with Gasteiger partial charge in [-0.15, -0.1) is 0 Å². The summed E-state index contributed by atoms with van der Waals surface area (Å²) < 4.78 is 5.93. The molecular weight excluding hydrogens is 544 g/mol. The van der Waals surface area contributed by atoms with Gasteiger partial charge in [0.25, 0.3) is 5.91 Å². The molecule has 2 aromatic carbocycles. The molecule has 2 aliphatic heterocycles. The number of carbonyl (C=O) groups is 2. The molecule has 2 N–H and O–H groups in total. The minimum Gasteiger partial charge on any atom is -0.377 e. The van der Waals surface area contributed by atoms with Gasteiger partial charge in [0.2, 0.25) is 0 Å². The molecule has 11 nitrogen and oxygen atoms in total. The number of likely N-dealkylation sites (tertiary alicyclic amines) is 1. The Hall–Kier alpha value is -4.22. The van der Waals surface area contributed by atoms with Gasteiger partial charge in [-0.25, -0.2) is 14.8 Å². The summed E-state index contributed by atoms with van der Waals surface area (Å²) in [6, 6.07) is 14.3. The summed E-state index contributed by atoms with van der Waals surface area (Å²) in [4.78, 5) is 37.9. The first-order chi connectivity index (χ1) is 20.0. The van der Waals surface area contributed by atoms with Crippen LogP contribution in [0.25, 0.3) is 22.4 Å². The van der Waals surface area contributed by atoms with Gasteiger partial charge in [0.15, 0.2) is 11.5 Å². The fourth-order valence-corrected chi connectivity index (χ4v) is 5.74. The van der Waals surface area contributed by atoms with Gasteiger partial charge in [0.1, 0.15) is 0 Å². The topological polar surface area (TPSA) is 118 Å². The quantitative estimate of drug-likeness (QED) is 0.372. The van der Waals surface area contributed by atoms with Crippen LogP contribution in [0.5, 0.6) is 0 Å². The molecule has 0 bridgehead atoms. The zero-order valence-corrected chi connectivity index (χ0v) is 23.4. The van der Waals surface area contributed by atoms with E-state index in [9.17, 15) is 9.59 Å². The standard InChI is InChI=1S/C29H31ClN8O3/c1-31-29(40)34-24-7-5-20(6-8-24)26-32-16-22-17-33-38(27(22)35-26)37-13-14-41-18-25(37)19-9-11-36(12-10-19)28(39)21-3-2-4-23(30)15-21/h2-8,15-17,19,25H,9-14,18H2,1H3,(H2,31,34,40). The third kappa shape index (κ3) is 5.68. The Kier molecular flexibility index (Phi) is 7.71. The Bertz CT molecular complexity index is 1550. The Morgan fingerprint density at radius 2 is 1.85 bits per heavy atom. The molecule has 2 fully saturated rings. The fraction of sp³-hybridized carbons (Fsp3) is 0.345. The highest BCUT2D eigenvalue weighted by molar-refractivity contribution is 6.30. The van der Waals surface area contributed by atoms with Gasteiger partial charge in [-0.2, -0.15) is 9.89 Å². The molecule has 0 aliphatic carbocycles. The molecule has 6 rings (SSSR count). The van der Waals surface area contributed by atoms with E-state index < -0.39 is 0 Å². The van der Waals surface area contributed by atoms with Gasteiger partial charge in [0, 0.05) is 48.2 Å². The Morgan fingerprint density at radius 3 is 2.61 bits per heavy atom. The van der Waals surface area contributed by atoms with Crippen LogP contribution in [0.3, 0.4) is 0 Å². The molecule has 1 unspecified atom stereocenters. The number of fused-ring (bicyclic) bond motifs is 1. The number of morpholine rings is 1. The molecule has 2 saturated heterocycles. The maximum Gasteiger partial charge on any atom is 0.318 e. The molecule has 0 radical (unpaired) electrons. The van der Waals surface area contributed by atoms with Crippen molar-refractivity contribution in [3.63, 3.8) is 0 Å². The SMILES string of the molecule is CNC(=O)Nc1ccc(-c2ncc3cnn(N4CCOCC4C4CCN(C(=O)c5cccc(Cl)c5)CC4)c3n2)cc1. The lowest BCUT2D eigenvalue weighted by Crippen LogP contribution is -2.57. The molecule has 2 aliphatic rings. The number of halogens is 1. The van der Waals surface area contributed by atoms with Gasteiger partial charge in [-0.1, -0.05) is 17.7 Å². The summed E-state index contributed by atoms with van der Waals surface area (Å²) in [5.41, 5.74) is 2.85. The summed E-state index contributed by atoms with van der Waals surface area (Å²) in [7, 11) is 1.57. The maximum absolute atomic E-state index is 13.0. The van der Waals surface area contributed by atoms with Crippen LogP contribution in [-0.2, 0) is 4.74 Å². The molecule has 41 heavy (non-hydrogen) atoms. The number of ether oxygens (including phenoxy) is 1. The Labute approximate surface area is 242 Å². The zero-order chi connectivity index (χ0) is 28.3. The van der Waals surface area contributed by atoms with Crippen LogP contribution in [-0.4, -0.2) is 82.6 Å². The normalized spacial score (nSPS) is 18.0. The van der Waals surface area contributed by atoms with E-state index in [-0.39, 0.29) is 18.0 Å². The molecule has 4 aromatic rings. The number of hydrogen-bond donors (Lipinski definition) is 2. The number of urea groups is 1. The lowest BCUT2D eigenvalue weighted by Gasteiger charge is -2.44. The third-order valence-corrected chi connectivity index (χ3v) is 7.98. The van der Waals surface area contributed by atoms with Crippen LogP contribution in [0, 0.1) is 5.92 Å². The smallest absolute Gasteiger partial charge is 0.318 e. The second kappa shape index (κ2) is 11.7. The summed E-state index contributed by atoms with van der Waals surface area (Å²) in [6.45, 7) is 3.23. The molecule has 0 saturated carbocycles. The fourth-order valence-electron chi connectivity index (χ4n) is 5.55. The van der Waals surface area contributed by atoms with E-state index >= 15 is 0 Å². The van der Waals surface area contributed by atoms with Crippen molar-refractivity contribution in [1.29, 1.82) is 0 Å². The number of nitrogens with zero attached hydrogens (tertiary/aromatic N) is 6. The largest absolute Gasteiger partial charge is 0.377 e. The number of hydrogen-bond acceptors (Lipinski definition) is 7. The van der Waals surface area contributed by atoms with E-state index in [4.69, 9.17) is 26.4 Å². The van der Waals surface area contributed by atoms with E-state index in [2.05, 4.69) is 20.6 Å². The summed E-state index contributed by atoms with van der Waals surface area (Å²) >= 11 is 6.11. The highest BCUT2D eigenvalue weighted by Gasteiger charge is 2.35. The van der Waals surface area contributed by atoms with Crippen LogP contribution < -0.4 is 15.6 Å². The number of aromatic nitrogens is 4. The van der Waals surface area contributed by atoms with Crippen molar-refractivity contribution in [2.45, 2.75) is 18.9 Å². The van der Waals surface area contributed by atoms with Crippen LogP contribution in [0.1, 0.15) is 23.2 Å². The van der Waals surface area contributed by atoms with Gasteiger partial charge < -0.3 is 20.3 Å². The zero-order valence-electron chi connectivity index (χ0n) is 22.7. The van der Waals surface area contributed by atoms with Crippen LogP contribution in [0.15, 0.2) is 60.9 Å². The van der Waals surface area contributed by atoms with E-state index in [1.807, 2.05) is 46.1 Å². The molecule has 212 valence electrons. The molecule has 2 aromatic heterocycles. The van der Waals surface area contributed by atoms with E-state index in [0.29, 0.717) is 60.9 Å². The number of carbonyl (C=O) groups excluding carboxylic acids is 2. The lowest BCUT2D eigenvalue weighted by atomic mass is 9.88. The van der Waals surface area contributed by atoms with Gasteiger partial charge in [-0.05, 0) is 61.2 Å². The van der Waals surface area contributed by atoms with Crippen molar-refractivity contribution >= 4 is 40.3 Å². The predicted molar refractivity (Wildman–Crippen MR) is 157 cm³/mol. The summed E-state index contributed by atoms with van der Waals surface area (Å²) in [5, 5.41) is 13.6. The summed E-state index contributed by atoms with van der Waals surface area (Å²) in [5.74, 6) is 0.922.